The first-order chi connectivity index (χ1) is 14.0. The van der Waals surface area contributed by atoms with Crippen LogP contribution in [0.4, 0.5) is 0 Å². The molecule has 3 unspecified atom stereocenters. The molecule has 0 aliphatic carbocycles. The minimum Gasteiger partial charge on any atom is -0.469 e. The van der Waals surface area contributed by atoms with E-state index in [4.69, 9.17) is 9.47 Å². The van der Waals surface area contributed by atoms with Crippen LogP contribution in [0.15, 0.2) is 29.3 Å². The highest BCUT2D eigenvalue weighted by Crippen LogP contribution is 2.25. The van der Waals surface area contributed by atoms with E-state index in [1.54, 1.807) is 7.05 Å². The smallest absolute Gasteiger partial charge is 0.310 e. The van der Waals surface area contributed by atoms with E-state index < -0.39 is 0 Å². The van der Waals surface area contributed by atoms with Crippen molar-refractivity contribution in [3.8, 4) is 0 Å². The van der Waals surface area contributed by atoms with Gasteiger partial charge in [-0.3, -0.25) is 14.7 Å². The number of halogens is 1. The van der Waals surface area contributed by atoms with Gasteiger partial charge < -0.3 is 19.7 Å². The summed E-state index contributed by atoms with van der Waals surface area (Å²) in [5.74, 6) is 0.841. The number of benzene rings is 1. The summed E-state index contributed by atoms with van der Waals surface area (Å²) in [4.78, 5) is 21.2. The lowest BCUT2D eigenvalue weighted by atomic mass is 9.99. The first-order valence-electron chi connectivity index (χ1n) is 10.4. The second-order valence-corrected chi connectivity index (χ2v) is 8.01. The second-order valence-electron chi connectivity index (χ2n) is 8.01. The molecule has 0 saturated carbocycles. The molecule has 0 bridgehead atoms. The third kappa shape index (κ3) is 6.07. The van der Waals surface area contributed by atoms with Crippen LogP contribution in [0.2, 0.25) is 0 Å². The number of aryl methyl sites for hydroxylation is 1. The molecular formula is C22H35IN4O3. The predicted octanol–water partition coefficient (Wildman–Crippen LogP) is 2.30. The number of nitrogens with one attached hydrogen (secondary N) is 1. The third-order valence-electron chi connectivity index (χ3n) is 6.03. The molecule has 2 heterocycles. The number of hydrogen-bond donors (Lipinski definition) is 1. The van der Waals surface area contributed by atoms with E-state index in [0.29, 0.717) is 6.54 Å². The van der Waals surface area contributed by atoms with Crippen molar-refractivity contribution in [3.63, 3.8) is 0 Å². The molecule has 3 rings (SSSR count). The van der Waals surface area contributed by atoms with Crippen molar-refractivity contribution in [2.45, 2.75) is 19.9 Å². The molecule has 0 aromatic heterocycles. The molecule has 2 aliphatic rings. The van der Waals surface area contributed by atoms with Gasteiger partial charge in [0.25, 0.3) is 0 Å². The van der Waals surface area contributed by atoms with Crippen LogP contribution < -0.4 is 5.32 Å². The van der Waals surface area contributed by atoms with Crippen molar-refractivity contribution in [1.29, 1.82) is 0 Å². The van der Waals surface area contributed by atoms with Crippen molar-refractivity contribution in [2.75, 3.05) is 60.1 Å². The molecule has 1 aromatic rings. The fraction of sp³-hybridized carbons (Fsp3) is 0.636. The van der Waals surface area contributed by atoms with Crippen LogP contribution in [0.1, 0.15) is 24.1 Å². The van der Waals surface area contributed by atoms with Gasteiger partial charge in [-0.1, -0.05) is 36.8 Å². The number of aliphatic imine (C=N–C) groups is 1. The van der Waals surface area contributed by atoms with E-state index in [-0.39, 0.29) is 47.8 Å². The van der Waals surface area contributed by atoms with Gasteiger partial charge in [0, 0.05) is 39.8 Å². The van der Waals surface area contributed by atoms with Crippen molar-refractivity contribution < 1.29 is 14.3 Å². The molecule has 2 aliphatic heterocycles. The Kier molecular flexibility index (Phi) is 9.83. The minimum atomic E-state index is -0.138. The maximum absolute atomic E-state index is 12.0. The minimum absolute atomic E-state index is 0. The summed E-state index contributed by atoms with van der Waals surface area (Å²) >= 11 is 0. The Morgan fingerprint density at radius 1 is 1.27 bits per heavy atom. The van der Waals surface area contributed by atoms with Crippen LogP contribution >= 0.6 is 24.0 Å². The average molecular weight is 530 g/mol. The zero-order valence-electron chi connectivity index (χ0n) is 18.5. The highest BCUT2D eigenvalue weighted by molar-refractivity contribution is 14.0. The number of hydrogen-bond acceptors (Lipinski definition) is 5. The summed E-state index contributed by atoms with van der Waals surface area (Å²) in [5.41, 5.74) is 2.56. The van der Waals surface area contributed by atoms with Crippen LogP contribution in [0.3, 0.4) is 0 Å². The van der Waals surface area contributed by atoms with E-state index in [1.807, 2.05) is 0 Å². The van der Waals surface area contributed by atoms with Gasteiger partial charge in [-0.25, -0.2) is 0 Å². The molecule has 8 heteroatoms. The number of guanidine groups is 1. The van der Waals surface area contributed by atoms with Gasteiger partial charge in [-0.2, -0.15) is 0 Å². The number of morpholine rings is 1. The molecule has 1 N–H and O–H groups in total. The molecular weight excluding hydrogens is 495 g/mol. The highest BCUT2D eigenvalue weighted by atomic mass is 127. The van der Waals surface area contributed by atoms with Gasteiger partial charge in [0.05, 0.1) is 32.3 Å². The van der Waals surface area contributed by atoms with Gasteiger partial charge in [-0.05, 0) is 18.4 Å². The fourth-order valence-corrected chi connectivity index (χ4v) is 4.25. The van der Waals surface area contributed by atoms with E-state index in [2.05, 4.69) is 58.2 Å². The molecule has 0 radical (unpaired) electrons. The van der Waals surface area contributed by atoms with E-state index in [9.17, 15) is 4.79 Å². The fourth-order valence-electron chi connectivity index (χ4n) is 4.25. The molecule has 2 saturated heterocycles. The topological polar surface area (TPSA) is 66.4 Å². The van der Waals surface area contributed by atoms with Gasteiger partial charge in [0.15, 0.2) is 5.96 Å². The molecule has 168 valence electrons. The van der Waals surface area contributed by atoms with Crippen molar-refractivity contribution >= 4 is 35.9 Å². The van der Waals surface area contributed by atoms with Gasteiger partial charge in [0.2, 0.25) is 0 Å². The summed E-state index contributed by atoms with van der Waals surface area (Å²) in [5, 5.41) is 3.56. The molecule has 2 fully saturated rings. The van der Waals surface area contributed by atoms with Crippen molar-refractivity contribution in [3.05, 3.63) is 35.4 Å². The monoisotopic (exact) mass is 530 g/mol. The standard InChI is InChI=1S/C22H34N4O3.HI/c1-16-5-7-18(8-6-16)20(25-9-11-29-12-10-25)13-24-22(23-3)26-14-17(2)19(15-26)21(27)28-4;/h5-8,17,19-20H,9-15H2,1-4H3,(H,23,24);1H. The lowest BCUT2D eigenvalue weighted by molar-refractivity contribution is -0.145. The number of nitrogens with zero attached hydrogens (tertiary/aromatic N) is 3. The Labute approximate surface area is 197 Å². The largest absolute Gasteiger partial charge is 0.469 e. The molecule has 0 spiro atoms. The van der Waals surface area contributed by atoms with E-state index >= 15 is 0 Å². The second kappa shape index (κ2) is 11.9. The Morgan fingerprint density at radius 3 is 2.53 bits per heavy atom. The molecule has 1 aromatic carbocycles. The van der Waals surface area contributed by atoms with Gasteiger partial charge in [0.1, 0.15) is 0 Å². The zero-order valence-corrected chi connectivity index (χ0v) is 20.8. The Bertz CT molecular complexity index is 707. The van der Waals surface area contributed by atoms with Crippen molar-refractivity contribution in [1.82, 2.24) is 15.1 Å². The SMILES string of the molecule is CN=C(NCC(c1ccc(C)cc1)N1CCOCC1)N1CC(C)C(C(=O)OC)C1.I. The Morgan fingerprint density at radius 2 is 1.93 bits per heavy atom. The van der Waals surface area contributed by atoms with E-state index in [1.165, 1.54) is 18.2 Å². The maximum Gasteiger partial charge on any atom is 0.310 e. The number of carbonyl (C=O) groups excluding carboxylic acids is 1. The van der Waals surface area contributed by atoms with E-state index in [0.717, 1.165) is 45.4 Å². The van der Waals surface area contributed by atoms with Crippen LogP contribution in [0, 0.1) is 18.8 Å². The highest BCUT2D eigenvalue weighted by Gasteiger charge is 2.37. The predicted molar refractivity (Wildman–Crippen MR) is 129 cm³/mol. The molecule has 30 heavy (non-hydrogen) atoms. The number of likely N-dealkylation sites (tertiary alicyclic amines) is 1. The summed E-state index contributed by atoms with van der Waals surface area (Å²) < 4.78 is 10.5. The number of esters is 1. The molecule has 7 nitrogen and oxygen atoms in total. The van der Waals surface area contributed by atoms with Crippen LogP contribution in [0.5, 0.6) is 0 Å². The number of ether oxygens (including phenoxy) is 2. The zero-order chi connectivity index (χ0) is 20.8. The summed E-state index contributed by atoms with van der Waals surface area (Å²) in [7, 11) is 3.26. The first-order valence-corrected chi connectivity index (χ1v) is 10.4. The Balaban J connectivity index is 0.00000320. The van der Waals surface area contributed by atoms with Crippen LogP contribution in [0.25, 0.3) is 0 Å². The van der Waals surface area contributed by atoms with Crippen molar-refractivity contribution in [2.24, 2.45) is 16.8 Å². The average Bonchev–Trinajstić information content (AvgIpc) is 3.13. The number of rotatable bonds is 5. The summed E-state index contributed by atoms with van der Waals surface area (Å²) in [6.45, 7) is 9.77. The summed E-state index contributed by atoms with van der Waals surface area (Å²) in [6.07, 6.45) is 0. The van der Waals surface area contributed by atoms with Crippen LogP contribution in [-0.4, -0.2) is 81.8 Å². The lowest BCUT2D eigenvalue weighted by Crippen LogP contribution is -2.47. The quantitative estimate of drug-likeness (QED) is 0.273. The van der Waals surface area contributed by atoms with Gasteiger partial charge in [-0.15, -0.1) is 24.0 Å². The number of carbonyl (C=O) groups is 1. The number of methoxy groups -OCH3 is 1. The Hall–Kier alpha value is -1.39. The lowest BCUT2D eigenvalue weighted by Gasteiger charge is -2.35. The molecule has 3 atom stereocenters. The maximum atomic E-state index is 12.0. The third-order valence-corrected chi connectivity index (χ3v) is 6.03. The summed E-state index contributed by atoms with van der Waals surface area (Å²) in [6, 6.07) is 9.00. The first kappa shape index (κ1) is 24.9. The normalized spacial score (nSPS) is 23.6. The van der Waals surface area contributed by atoms with Crippen LogP contribution in [-0.2, 0) is 14.3 Å². The van der Waals surface area contributed by atoms with Gasteiger partial charge >= 0.3 is 5.97 Å². The molecule has 0 amide bonds.